The first-order chi connectivity index (χ1) is 6.26. The van der Waals surface area contributed by atoms with E-state index in [0.29, 0.717) is 18.6 Å². The first kappa shape index (κ1) is 12.9. The summed E-state index contributed by atoms with van der Waals surface area (Å²) in [5, 5.41) is 12.4. The zero-order valence-electron chi connectivity index (χ0n) is 9.34. The van der Waals surface area contributed by atoms with Crippen LogP contribution in [0.4, 0.5) is 0 Å². The lowest BCUT2D eigenvalue weighted by Gasteiger charge is -2.24. The minimum absolute atomic E-state index is 0.301. The van der Waals surface area contributed by atoms with Crippen molar-refractivity contribution in [3.05, 3.63) is 0 Å². The highest BCUT2D eigenvalue weighted by molar-refractivity contribution is 4.72. The Morgan fingerprint density at radius 1 is 1.15 bits per heavy atom. The molecule has 0 rings (SSSR count). The van der Waals surface area contributed by atoms with Gasteiger partial charge in [0.15, 0.2) is 0 Å². The lowest BCUT2D eigenvalue weighted by atomic mass is 9.94. The Balaban J connectivity index is 3.75. The smallest absolute Gasteiger partial charge is 0.0445 e. The van der Waals surface area contributed by atoms with Crippen LogP contribution in [0.25, 0.3) is 0 Å². The molecule has 0 aliphatic rings. The maximum absolute atomic E-state index is 8.91. The van der Waals surface area contributed by atoms with E-state index in [1.807, 2.05) is 0 Å². The van der Waals surface area contributed by atoms with Gasteiger partial charge in [-0.1, -0.05) is 27.2 Å². The van der Waals surface area contributed by atoms with Crippen LogP contribution in [0.2, 0.25) is 0 Å². The van der Waals surface area contributed by atoms with E-state index in [1.165, 1.54) is 19.3 Å². The quantitative estimate of drug-likeness (QED) is 0.610. The Morgan fingerprint density at radius 3 is 2.31 bits per heavy atom. The molecule has 0 spiro atoms. The summed E-state index contributed by atoms with van der Waals surface area (Å²) in [6.07, 6.45) is 4.54. The summed E-state index contributed by atoms with van der Waals surface area (Å²) in [7, 11) is 0. The molecular weight excluding hydrogens is 162 g/mol. The molecule has 0 aliphatic carbocycles. The van der Waals surface area contributed by atoms with Gasteiger partial charge in [0.05, 0.1) is 0 Å². The Bertz CT molecular complexity index is 106. The maximum Gasteiger partial charge on any atom is 0.0445 e. The zero-order chi connectivity index (χ0) is 10.1. The molecule has 0 aromatic carbocycles. The van der Waals surface area contributed by atoms with Gasteiger partial charge >= 0.3 is 0 Å². The topological polar surface area (TPSA) is 32.3 Å². The van der Waals surface area contributed by atoms with E-state index < -0.39 is 0 Å². The molecular formula is C11H25NO. The van der Waals surface area contributed by atoms with Gasteiger partial charge in [-0.2, -0.15) is 0 Å². The first-order valence-corrected chi connectivity index (χ1v) is 5.60. The van der Waals surface area contributed by atoms with Crippen molar-refractivity contribution in [1.82, 2.24) is 5.32 Å². The molecule has 0 saturated heterocycles. The second-order valence-corrected chi connectivity index (χ2v) is 3.84. The molecule has 0 aromatic rings. The fraction of sp³-hybridized carbons (Fsp3) is 1.00. The highest BCUT2D eigenvalue weighted by Crippen LogP contribution is 2.13. The maximum atomic E-state index is 8.91. The average molecular weight is 187 g/mol. The second-order valence-electron chi connectivity index (χ2n) is 3.84. The van der Waals surface area contributed by atoms with E-state index in [2.05, 4.69) is 26.1 Å². The highest BCUT2D eigenvalue weighted by atomic mass is 16.3. The van der Waals surface area contributed by atoms with Gasteiger partial charge in [-0.3, -0.25) is 0 Å². The van der Waals surface area contributed by atoms with E-state index in [0.717, 1.165) is 13.0 Å². The fourth-order valence-corrected chi connectivity index (χ4v) is 1.71. The van der Waals surface area contributed by atoms with Gasteiger partial charge in [-0.25, -0.2) is 0 Å². The van der Waals surface area contributed by atoms with Crippen LogP contribution < -0.4 is 5.32 Å². The van der Waals surface area contributed by atoms with Gasteiger partial charge in [0.1, 0.15) is 0 Å². The van der Waals surface area contributed by atoms with Gasteiger partial charge in [-0.05, 0) is 31.7 Å². The third-order valence-electron chi connectivity index (χ3n) is 2.53. The first-order valence-electron chi connectivity index (χ1n) is 5.60. The molecule has 0 bridgehead atoms. The summed E-state index contributed by atoms with van der Waals surface area (Å²) < 4.78 is 0. The zero-order valence-corrected chi connectivity index (χ0v) is 9.34. The van der Waals surface area contributed by atoms with Crippen LogP contribution in [0.3, 0.4) is 0 Å². The lowest BCUT2D eigenvalue weighted by molar-refractivity contribution is 0.235. The number of aliphatic hydroxyl groups is 1. The van der Waals surface area contributed by atoms with Crippen molar-refractivity contribution in [3.63, 3.8) is 0 Å². The Morgan fingerprint density at radius 2 is 1.85 bits per heavy atom. The Kier molecular flexibility index (Phi) is 8.46. The normalized spacial score (nSPS) is 15.7. The monoisotopic (exact) mass is 187 g/mol. The molecule has 2 unspecified atom stereocenters. The lowest BCUT2D eigenvalue weighted by Crippen LogP contribution is -2.36. The van der Waals surface area contributed by atoms with Crippen molar-refractivity contribution in [2.45, 2.75) is 52.5 Å². The molecule has 2 nitrogen and oxygen atoms in total. The Labute approximate surface area is 82.7 Å². The van der Waals surface area contributed by atoms with Crippen molar-refractivity contribution in [2.75, 3.05) is 13.2 Å². The molecule has 0 fully saturated rings. The van der Waals surface area contributed by atoms with Crippen LogP contribution in [0.1, 0.15) is 46.5 Å². The molecule has 2 N–H and O–H groups in total. The predicted octanol–water partition coefficient (Wildman–Crippen LogP) is 2.17. The number of rotatable bonds is 8. The van der Waals surface area contributed by atoms with E-state index in [9.17, 15) is 0 Å². The Hall–Kier alpha value is -0.0800. The summed E-state index contributed by atoms with van der Waals surface area (Å²) in [4.78, 5) is 0. The van der Waals surface area contributed by atoms with Crippen LogP contribution in [0.15, 0.2) is 0 Å². The molecule has 80 valence electrons. The molecule has 13 heavy (non-hydrogen) atoms. The van der Waals surface area contributed by atoms with E-state index >= 15 is 0 Å². The third kappa shape index (κ3) is 6.05. The van der Waals surface area contributed by atoms with Gasteiger partial charge in [0, 0.05) is 12.6 Å². The number of hydrogen-bond acceptors (Lipinski definition) is 2. The van der Waals surface area contributed by atoms with Crippen LogP contribution in [0.5, 0.6) is 0 Å². The van der Waals surface area contributed by atoms with Gasteiger partial charge in [0.25, 0.3) is 0 Å². The van der Waals surface area contributed by atoms with Crippen molar-refractivity contribution >= 4 is 0 Å². The number of hydrogen-bond donors (Lipinski definition) is 2. The second kappa shape index (κ2) is 8.52. The van der Waals surface area contributed by atoms with E-state index in [1.54, 1.807) is 0 Å². The summed E-state index contributed by atoms with van der Waals surface area (Å²) >= 11 is 0. The van der Waals surface area contributed by atoms with Gasteiger partial charge < -0.3 is 10.4 Å². The van der Waals surface area contributed by atoms with Crippen LogP contribution >= 0.6 is 0 Å². The highest BCUT2D eigenvalue weighted by Gasteiger charge is 2.14. The van der Waals surface area contributed by atoms with Crippen LogP contribution in [-0.4, -0.2) is 24.3 Å². The van der Waals surface area contributed by atoms with Crippen molar-refractivity contribution < 1.29 is 5.11 Å². The van der Waals surface area contributed by atoms with E-state index in [-0.39, 0.29) is 0 Å². The molecule has 0 heterocycles. The standard InChI is InChI=1S/C11H25NO/c1-4-6-10(3)11(7-9-13)12-8-5-2/h10-13H,4-9H2,1-3H3. The van der Waals surface area contributed by atoms with Gasteiger partial charge in [-0.15, -0.1) is 0 Å². The molecule has 0 amide bonds. The number of aliphatic hydroxyl groups excluding tert-OH is 1. The summed E-state index contributed by atoms with van der Waals surface area (Å²) in [5.41, 5.74) is 0. The molecule has 2 heteroatoms. The van der Waals surface area contributed by atoms with Crippen molar-refractivity contribution in [1.29, 1.82) is 0 Å². The SMILES string of the molecule is CCCNC(CCO)C(C)CCC. The minimum atomic E-state index is 0.301. The van der Waals surface area contributed by atoms with Crippen LogP contribution in [-0.2, 0) is 0 Å². The molecule has 0 radical (unpaired) electrons. The number of nitrogens with one attached hydrogen (secondary N) is 1. The molecule has 2 atom stereocenters. The largest absolute Gasteiger partial charge is 0.396 e. The molecule has 0 saturated carbocycles. The van der Waals surface area contributed by atoms with E-state index in [4.69, 9.17) is 5.11 Å². The fourth-order valence-electron chi connectivity index (χ4n) is 1.71. The third-order valence-corrected chi connectivity index (χ3v) is 2.53. The van der Waals surface area contributed by atoms with Crippen molar-refractivity contribution in [3.8, 4) is 0 Å². The molecule has 0 aliphatic heterocycles. The summed E-state index contributed by atoms with van der Waals surface area (Å²) in [6.45, 7) is 8.03. The summed E-state index contributed by atoms with van der Waals surface area (Å²) in [6, 6.07) is 0.505. The summed E-state index contributed by atoms with van der Waals surface area (Å²) in [5.74, 6) is 0.684. The molecule has 0 aromatic heterocycles. The van der Waals surface area contributed by atoms with Crippen LogP contribution in [0, 0.1) is 5.92 Å². The average Bonchev–Trinajstić information content (AvgIpc) is 2.12. The predicted molar refractivity (Wildman–Crippen MR) is 57.9 cm³/mol. The van der Waals surface area contributed by atoms with Crippen molar-refractivity contribution in [2.24, 2.45) is 5.92 Å². The van der Waals surface area contributed by atoms with Gasteiger partial charge in [0.2, 0.25) is 0 Å². The minimum Gasteiger partial charge on any atom is -0.396 e.